The second kappa shape index (κ2) is 11.8. The van der Waals surface area contributed by atoms with Gasteiger partial charge in [-0.05, 0) is 73.6 Å². The van der Waals surface area contributed by atoms with E-state index in [9.17, 15) is 9.59 Å². The smallest absolute Gasteiger partial charge is 0.250 e. The number of rotatable bonds is 7. The number of thiocarbonyl (C=S) groups is 1. The first kappa shape index (κ1) is 25.5. The van der Waals surface area contributed by atoms with Crippen molar-refractivity contribution < 1.29 is 14.0 Å². The van der Waals surface area contributed by atoms with Crippen LogP contribution in [0, 0.1) is 6.92 Å². The van der Waals surface area contributed by atoms with Crippen molar-refractivity contribution in [3.63, 3.8) is 0 Å². The number of hydrogen-bond acceptors (Lipinski definition) is 4. The van der Waals surface area contributed by atoms with E-state index in [-0.39, 0.29) is 11.0 Å². The Morgan fingerprint density at radius 1 is 1.03 bits per heavy atom. The van der Waals surface area contributed by atoms with Crippen molar-refractivity contribution in [1.82, 2.24) is 5.32 Å². The molecule has 0 saturated carbocycles. The van der Waals surface area contributed by atoms with Gasteiger partial charge in [0.15, 0.2) is 5.11 Å². The third-order valence-electron chi connectivity index (χ3n) is 4.69. The van der Waals surface area contributed by atoms with Crippen LogP contribution in [0.5, 0.6) is 0 Å². The number of nitrogens with one attached hydrogen (secondary N) is 3. The Balaban J connectivity index is 1.58. The molecule has 0 saturated heterocycles. The van der Waals surface area contributed by atoms with Gasteiger partial charge in [-0.3, -0.25) is 14.9 Å². The predicted molar refractivity (Wildman–Crippen MR) is 142 cm³/mol. The minimum absolute atomic E-state index is 0.0583. The average Bonchev–Trinajstić information content (AvgIpc) is 3.26. The summed E-state index contributed by atoms with van der Waals surface area (Å²) in [5.74, 6) is 0.597. The van der Waals surface area contributed by atoms with E-state index in [1.165, 1.54) is 12.2 Å². The highest BCUT2D eigenvalue weighted by Gasteiger charge is 2.09. The quantitative estimate of drug-likeness (QED) is 0.237. The number of benzene rings is 2. The lowest BCUT2D eigenvalue weighted by molar-refractivity contribution is -0.116. The van der Waals surface area contributed by atoms with E-state index in [1.54, 1.807) is 30.3 Å². The Kier molecular flexibility index (Phi) is 8.87. The van der Waals surface area contributed by atoms with Gasteiger partial charge in [-0.1, -0.05) is 42.3 Å². The molecule has 176 valence electrons. The Bertz CT molecular complexity index is 1250. The summed E-state index contributed by atoms with van der Waals surface area (Å²) in [5.41, 5.74) is 2.85. The summed E-state index contributed by atoms with van der Waals surface area (Å²) in [5, 5.41) is 9.30. The van der Waals surface area contributed by atoms with Crippen LogP contribution in [0.1, 0.15) is 31.1 Å². The molecule has 0 aliphatic carbocycles. The highest BCUT2D eigenvalue weighted by Crippen LogP contribution is 2.28. The molecular weight excluding hydrogens is 493 g/mol. The van der Waals surface area contributed by atoms with Crippen LogP contribution in [-0.4, -0.2) is 16.9 Å². The normalized spacial score (nSPS) is 10.8. The van der Waals surface area contributed by atoms with Gasteiger partial charge >= 0.3 is 0 Å². The molecule has 3 rings (SSSR count). The molecule has 2 amide bonds. The lowest BCUT2D eigenvalue weighted by atomic mass is 10.1. The SMILES string of the molecule is CCCC(=O)Nc1ccc(Cl)c(NC(=S)NC(=O)/C=C/c2ccc(-c3ccc(C)c(Cl)c3)o2)c1. The molecule has 0 unspecified atom stereocenters. The summed E-state index contributed by atoms with van der Waals surface area (Å²) >= 11 is 17.6. The number of amides is 2. The third-order valence-corrected chi connectivity index (χ3v) is 5.64. The van der Waals surface area contributed by atoms with Crippen molar-refractivity contribution in [2.45, 2.75) is 26.7 Å². The standard InChI is InChI=1S/C25H23Cl2N3O3S/c1-3-4-23(31)28-17-7-10-19(26)21(14-17)29-25(34)30-24(32)12-9-18-8-11-22(33-18)16-6-5-15(2)20(27)13-16/h5-14H,3-4H2,1-2H3,(H,28,31)(H2,29,30,32,34)/b12-9+. The summed E-state index contributed by atoms with van der Waals surface area (Å²) in [4.78, 5) is 24.1. The van der Waals surface area contributed by atoms with Crippen LogP contribution in [0.25, 0.3) is 17.4 Å². The molecule has 0 aliphatic heterocycles. The van der Waals surface area contributed by atoms with Gasteiger partial charge < -0.3 is 15.1 Å². The summed E-state index contributed by atoms with van der Waals surface area (Å²) < 4.78 is 5.77. The fraction of sp³-hybridized carbons (Fsp3) is 0.160. The number of furan rings is 1. The average molecular weight is 516 g/mol. The first-order chi connectivity index (χ1) is 16.2. The van der Waals surface area contributed by atoms with Crippen molar-refractivity contribution in [2.75, 3.05) is 10.6 Å². The van der Waals surface area contributed by atoms with Gasteiger partial charge in [-0.15, -0.1) is 0 Å². The molecule has 0 radical (unpaired) electrons. The van der Waals surface area contributed by atoms with Crippen LogP contribution in [0.4, 0.5) is 11.4 Å². The Morgan fingerprint density at radius 2 is 1.82 bits per heavy atom. The molecular formula is C25H23Cl2N3O3S. The molecule has 34 heavy (non-hydrogen) atoms. The van der Waals surface area contributed by atoms with Gasteiger partial charge in [0.1, 0.15) is 11.5 Å². The number of carbonyl (C=O) groups excluding carboxylic acids is 2. The van der Waals surface area contributed by atoms with Crippen molar-refractivity contribution in [1.29, 1.82) is 0 Å². The molecule has 0 fully saturated rings. The van der Waals surface area contributed by atoms with E-state index in [2.05, 4.69) is 16.0 Å². The zero-order valence-electron chi connectivity index (χ0n) is 18.6. The predicted octanol–water partition coefficient (Wildman–Crippen LogP) is 6.83. The maximum atomic E-state index is 12.3. The van der Waals surface area contributed by atoms with Crippen LogP contribution >= 0.6 is 35.4 Å². The van der Waals surface area contributed by atoms with Gasteiger partial charge in [0, 0.05) is 28.8 Å². The van der Waals surface area contributed by atoms with Crippen molar-refractivity contribution in [3.8, 4) is 11.3 Å². The fourth-order valence-electron chi connectivity index (χ4n) is 2.96. The maximum absolute atomic E-state index is 12.3. The first-order valence-electron chi connectivity index (χ1n) is 10.5. The number of hydrogen-bond donors (Lipinski definition) is 3. The molecule has 3 aromatic rings. The van der Waals surface area contributed by atoms with Gasteiger partial charge in [0.2, 0.25) is 11.8 Å². The van der Waals surface area contributed by atoms with E-state index < -0.39 is 5.91 Å². The minimum atomic E-state index is -0.447. The molecule has 2 aromatic carbocycles. The number of carbonyl (C=O) groups is 2. The summed E-state index contributed by atoms with van der Waals surface area (Å²) in [7, 11) is 0. The van der Waals surface area contributed by atoms with Crippen molar-refractivity contribution in [2.24, 2.45) is 0 Å². The molecule has 1 heterocycles. The molecule has 0 aliphatic rings. The lowest BCUT2D eigenvalue weighted by Gasteiger charge is -2.12. The zero-order valence-corrected chi connectivity index (χ0v) is 20.9. The summed E-state index contributed by atoms with van der Waals surface area (Å²) in [6.45, 7) is 3.85. The van der Waals surface area contributed by atoms with Gasteiger partial charge in [0.05, 0.1) is 10.7 Å². The number of anilines is 2. The van der Waals surface area contributed by atoms with Crippen molar-refractivity contribution >= 4 is 69.8 Å². The Hall–Kier alpha value is -3.13. The summed E-state index contributed by atoms with van der Waals surface area (Å²) in [6, 6.07) is 14.2. The zero-order chi connectivity index (χ0) is 24.7. The van der Waals surface area contributed by atoms with Gasteiger partial charge in [-0.2, -0.15) is 0 Å². The number of aryl methyl sites for hydroxylation is 1. The van der Waals surface area contributed by atoms with Crippen LogP contribution < -0.4 is 16.0 Å². The Labute approximate surface area is 213 Å². The van der Waals surface area contributed by atoms with Gasteiger partial charge in [0.25, 0.3) is 0 Å². The van der Waals surface area contributed by atoms with Crippen LogP contribution in [0.15, 0.2) is 59.0 Å². The largest absolute Gasteiger partial charge is 0.457 e. The van der Waals surface area contributed by atoms with Crippen LogP contribution in [0.2, 0.25) is 10.0 Å². The van der Waals surface area contributed by atoms with Gasteiger partial charge in [-0.25, -0.2) is 0 Å². The second-order valence-corrected chi connectivity index (χ2v) is 8.66. The topological polar surface area (TPSA) is 83.4 Å². The van der Waals surface area contributed by atoms with Crippen molar-refractivity contribution in [3.05, 3.63) is 76.0 Å². The Morgan fingerprint density at radius 3 is 2.56 bits per heavy atom. The van der Waals surface area contributed by atoms with E-state index in [1.807, 2.05) is 32.0 Å². The van der Waals surface area contributed by atoms with Crippen LogP contribution in [-0.2, 0) is 9.59 Å². The van der Waals surface area contributed by atoms with E-state index in [4.69, 9.17) is 39.8 Å². The number of halogens is 2. The minimum Gasteiger partial charge on any atom is -0.457 e. The third kappa shape index (κ3) is 7.18. The first-order valence-corrected chi connectivity index (χ1v) is 11.7. The second-order valence-electron chi connectivity index (χ2n) is 7.44. The molecule has 1 aromatic heterocycles. The van der Waals surface area contributed by atoms with E-state index in [0.717, 1.165) is 17.5 Å². The highest BCUT2D eigenvalue weighted by atomic mass is 35.5. The van der Waals surface area contributed by atoms with E-state index in [0.29, 0.717) is 39.4 Å². The van der Waals surface area contributed by atoms with E-state index >= 15 is 0 Å². The molecule has 0 bridgehead atoms. The molecule has 6 nitrogen and oxygen atoms in total. The van der Waals surface area contributed by atoms with Crippen LogP contribution in [0.3, 0.4) is 0 Å². The molecule has 3 N–H and O–H groups in total. The molecule has 0 atom stereocenters. The fourth-order valence-corrected chi connectivity index (χ4v) is 3.51. The summed E-state index contributed by atoms with van der Waals surface area (Å²) in [6.07, 6.45) is 4.01. The monoisotopic (exact) mass is 515 g/mol. The molecule has 0 spiro atoms. The lowest BCUT2D eigenvalue weighted by Crippen LogP contribution is -2.32. The molecule has 9 heteroatoms. The maximum Gasteiger partial charge on any atom is 0.250 e. The highest BCUT2D eigenvalue weighted by molar-refractivity contribution is 7.80.